The van der Waals surface area contributed by atoms with Crippen LogP contribution in [0.2, 0.25) is 5.15 Å². The van der Waals surface area contributed by atoms with E-state index < -0.39 is 0 Å². The van der Waals surface area contributed by atoms with Gasteiger partial charge in [0.1, 0.15) is 11.0 Å². The first-order valence-electron chi connectivity index (χ1n) is 5.03. The van der Waals surface area contributed by atoms with Gasteiger partial charge in [0, 0.05) is 23.6 Å². The predicted octanol–water partition coefficient (Wildman–Crippen LogP) is 2.46. The van der Waals surface area contributed by atoms with Gasteiger partial charge in [-0.2, -0.15) is 11.8 Å². The molecule has 2 atom stereocenters. The molecular formula is C10H14ClN3S. The summed E-state index contributed by atoms with van der Waals surface area (Å²) in [7, 11) is 0. The van der Waals surface area contributed by atoms with Crippen molar-refractivity contribution >= 4 is 29.2 Å². The van der Waals surface area contributed by atoms with Crippen LogP contribution < -0.4 is 4.90 Å². The second-order valence-corrected chi connectivity index (χ2v) is 6.13. The van der Waals surface area contributed by atoms with E-state index in [4.69, 9.17) is 11.6 Å². The predicted molar refractivity (Wildman–Crippen MR) is 65.8 cm³/mol. The molecular weight excluding hydrogens is 230 g/mol. The smallest absolute Gasteiger partial charge is 0.149 e. The Kier molecular flexibility index (Phi) is 3.36. The van der Waals surface area contributed by atoms with Crippen molar-refractivity contribution in [2.45, 2.75) is 24.3 Å². The van der Waals surface area contributed by atoms with Crippen molar-refractivity contribution < 1.29 is 0 Å². The van der Waals surface area contributed by atoms with Gasteiger partial charge in [0.2, 0.25) is 0 Å². The summed E-state index contributed by atoms with van der Waals surface area (Å²) in [5, 5.41) is 1.73. The van der Waals surface area contributed by atoms with Gasteiger partial charge < -0.3 is 4.90 Å². The fourth-order valence-electron chi connectivity index (χ4n) is 1.85. The topological polar surface area (TPSA) is 29.0 Å². The third-order valence-corrected chi connectivity index (χ3v) is 3.75. The van der Waals surface area contributed by atoms with Crippen molar-refractivity contribution in [3.63, 3.8) is 0 Å². The minimum atomic E-state index is 0.464. The lowest BCUT2D eigenvalue weighted by molar-refractivity contribution is 0.716. The van der Waals surface area contributed by atoms with Crippen LogP contribution in [0.5, 0.6) is 0 Å². The second-order valence-electron chi connectivity index (χ2n) is 3.86. The van der Waals surface area contributed by atoms with Crippen LogP contribution >= 0.6 is 23.4 Å². The first-order chi connectivity index (χ1) is 7.15. The number of thioether (sulfide) groups is 1. The number of hydrogen-bond acceptors (Lipinski definition) is 4. The number of nitrogens with zero attached hydrogens (tertiary/aromatic N) is 3. The van der Waals surface area contributed by atoms with Crippen LogP contribution in [0.1, 0.15) is 13.8 Å². The summed E-state index contributed by atoms with van der Waals surface area (Å²) in [6.07, 6.45) is 3.35. The molecule has 0 N–H and O–H groups in total. The van der Waals surface area contributed by atoms with Crippen molar-refractivity contribution in [2.24, 2.45) is 0 Å². The molecule has 0 aromatic carbocycles. The molecule has 2 heterocycles. The van der Waals surface area contributed by atoms with Crippen LogP contribution in [-0.4, -0.2) is 33.6 Å². The summed E-state index contributed by atoms with van der Waals surface area (Å²) in [4.78, 5) is 10.6. The average Bonchev–Trinajstić information content (AvgIpc) is 2.16. The monoisotopic (exact) mass is 243 g/mol. The maximum absolute atomic E-state index is 5.83. The summed E-state index contributed by atoms with van der Waals surface area (Å²) in [6, 6.07) is 0. The van der Waals surface area contributed by atoms with Gasteiger partial charge in [-0.05, 0) is 0 Å². The average molecular weight is 244 g/mol. The van der Waals surface area contributed by atoms with E-state index in [1.54, 1.807) is 12.4 Å². The lowest BCUT2D eigenvalue weighted by atomic mass is 10.3. The molecule has 1 aliphatic heterocycles. The Morgan fingerprint density at radius 2 is 2.00 bits per heavy atom. The molecule has 15 heavy (non-hydrogen) atoms. The molecule has 1 aromatic heterocycles. The highest BCUT2D eigenvalue weighted by atomic mass is 35.5. The molecule has 0 saturated carbocycles. The minimum Gasteiger partial charge on any atom is -0.353 e. The van der Waals surface area contributed by atoms with E-state index in [0.717, 1.165) is 18.9 Å². The molecule has 0 amide bonds. The molecule has 0 aliphatic carbocycles. The van der Waals surface area contributed by atoms with Crippen molar-refractivity contribution in [1.29, 1.82) is 0 Å². The van der Waals surface area contributed by atoms with E-state index in [1.807, 2.05) is 11.8 Å². The van der Waals surface area contributed by atoms with Crippen LogP contribution in [0, 0.1) is 0 Å². The fourth-order valence-corrected chi connectivity index (χ4v) is 3.32. The van der Waals surface area contributed by atoms with E-state index >= 15 is 0 Å². The van der Waals surface area contributed by atoms with E-state index in [1.165, 1.54) is 0 Å². The maximum atomic E-state index is 5.83. The summed E-state index contributed by atoms with van der Waals surface area (Å²) in [5.41, 5.74) is 0. The first kappa shape index (κ1) is 11.0. The Balaban J connectivity index is 2.16. The van der Waals surface area contributed by atoms with Gasteiger partial charge >= 0.3 is 0 Å². The van der Waals surface area contributed by atoms with Gasteiger partial charge in [-0.3, -0.25) is 4.98 Å². The van der Waals surface area contributed by atoms with Gasteiger partial charge in [-0.25, -0.2) is 4.98 Å². The minimum absolute atomic E-state index is 0.464. The standard InChI is InChI=1S/C10H14ClN3S/c1-7-5-14(6-8(2)15-7)10-4-12-3-9(11)13-10/h3-4,7-8H,5-6H2,1-2H3. The summed E-state index contributed by atoms with van der Waals surface area (Å²) < 4.78 is 0. The third kappa shape index (κ3) is 2.75. The number of anilines is 1. The highest BCUT2D eigenvalue weighted by Gasteiger charge is 2.23. The Labute approximate surface area is 99.2 Å². The van der Waals surface area contributed by atoms with Crippen molar-refractivity contribution in [2.75, 3.05) is 18.0 Å². The molecule has 2 rings (SSSR count). The Morgan fingerprint density at radius 1 is 1.33 bits per heavy atom. The summed E-state index contributed by atoms with van der Waals surface area (Å²) in [5.74, 6) is 0.890. The Hall–Kier alpha value is -0.480. The summed E-state index contributed by atoms with van der Waals surface area (Å²) in [6.45, 7) is 6.52. The molecule has 82 valence electrons. The number of halogens is 1. The normalized spacial score (nSPS) is 26.7. The molecule has 1 aliphatic rings. The maximum Gasteiger partial charge on any atom is 0.149 e. The van der Waals surface area contributed by atoms with Gasteiger partial charge in [-0.1, -0.05) is 25.4 Å². The van der Waals surface area contributed by atoms with E-state index in [0.29, 0.717) is 15.7 Å². The van der Waals surface area contributed by atoms with Crippen LogP contribution in [0.25, 0.3) is 0 Å². The van der Waals surface area contributed by atoms with Gasteiger partial charge in [-0.15, -0.1) is 0 Å². The Bertz CT molecular complexity index is 337. The zero-order valence-corrected chi connectivity index (χ0v) is 10.4. The number of aromatic nitrogens is 2. The van der Waals surface area contributed by atoms with Gasteiger partial charge in [0.15, 0.2) is 0 Å². The van der Waals surface area contributed by atoms with Crippen molar-refractivity contribution in [3.8, 4) is 0 Å². The SMILES string of the molecule is CC1CN(c2cncc(Cl)n2)CC(C)S1. The van der Waals surface area contributed by atoms with E-state index in [-0.39, 0.29) is 0 Å². The largest absolute Gasteiger partial charge is 0.353 e. The van der Waals surface area contributed by atoms with Crippen LogP contribution in [0.15, 0.2) is 12.4 Å². The van der Waals surface area contributed by atoms with Crippen LogP contribution in [-0.2, 0) is 0 Å². The summed E-state index contributed by atoms with van der Waals surface area (Å²) >= 11 is 7.85. The van der Waals surface area contributed by atoms with Crippen molar-refractivity contribution in [1.82, 2.24) is 9.97 Å². The Morgan fingerprint density at radius 3 is 2.60 bits per heavy atom. The molecule has 0 spiro atoms. The molecule has 0 bridgehead atoms. The molecule has 1 aromatic rings. The second kappa shape index (κ2) is 4.58. The lowest BCUT2D eigenvalue weighted by Crippen LogP contribution is -2.40. The first-order valence-corrected chi connectivity index (χ1v) is 6.35. The van der Waals surface area contributed by atoms with E-state index in [9.17, 15) is 0 Å². The molecule has 1 fully saturated rings. The number of hydrogen-bond donors (Lipinski definition) is 0. The zero-order valence-electron chi connectivity index (χ0n) is 8.85. The van der Waals surface area contributed by atoms with Gasteiger partial charge in [0.05, 0.1) is 12.4 Å². The highest BCUT2D eigenvalue weighted by molar-refractivity contribution is 8.00. The zero-order chi connectivity index (χ0) is 10.8. The molecule has 2 unspecified atom stereocenters. The fraction of sp³-hybridized carbons (Fsp3) is 0.600. The van der Waals surface area contributed by atoms with Gasteiger partial charge in [0.25, 0.3) is 0 Å². The molecule has 1 saturated heterocycles. The lowest BCUT2D eigenvalue weighted by Gasteiger charge is -2.35. The van der Waals surface area contributed by atoms with Crippen molar-refractivity contribution in [3.05, 3.63) is 17.5 Å². The van der Waals surface area contributed by atoms with Crippen LogP contribution in [0.4, 0.5) is 5.82 Å². The molecule has 0 radical (unpaired) electrons. The van der Waals surface area contributed by atoms with Crippen LogP contribution in [0.3, 0.4) is 0 Å². The number of rotatable bonds is 1. The molecule has 3 nitrogen and oxygen atoms in total. The third-order valence-electron chi connectivity index (χ3n) is 2.34. The molecule has 5 heteroatoms. The van der Waals surface area contributed by atoms with E-state index in [2.05, 4.69) is 28.7 Å². The quantitative estimate of drug-likeness (QED) is 0.758. The highest BCUT2D eigenvalue weighted by Crippen LogP contribution is 2.27.